The first-order chi connectivity index (χ1) is 9.45. The number of phenols is 1. The van der Waals surface area contributed by atoms with Gasteiger partial charge in [0.25, 0.3) is 0 Å². The number of phenolic OH excluding ortho intramolecular Hbond substituents is 1. The van der Waals surface area contributed by atoms with Crippen molar-refractivity contribution in [3.63, 3.8) is 0 Å². The lowest BCUT2D eigenvalue weighted by Gasteiger charge is -2.18. The van der Waals surface area contributed by atoms with Gasteiger partial charge in [-0.15, -0.1) is 0 Å². The van der Waals surface area contributed by atoms with Crippen LogP contribution in [0, 0.1) is 0 Å². The molecule has 106 valence electrons. The van der Waals surface area contributed by atoms with Gasteiger partial charge in [0.1, 0.15) is 11.6 Å². The lowest BCUT2D eigenvalue weighted by molar-refractivity contribution is 0.475. The Bertz CT molecular complexity index is 539. The minimum atomic E-state index is 0.136. The Morgan fingerprint density at radius 1 is 1.05 bits per heavy atom. The van der Waals surface area contributed by atoms with E-state index in [-0.39, 0.29) is 5.41 Å². The highest BCUT2D eigenvalue weighted by Crippen LogP contribution is 2.21. The van der Waals surface area contributed by atoms with Crippen molar-refractivity contribution in [1.29, 1.82) is 0 Å². The number of pyridine rings is 1. The number of nitrogens with zero attached hydrogens (tertiary/aromatic N) is 1. The third-order valence-corrected chi connectivity index (χ3v) is 3.29. The smallest absolute Gasteiger partial charge is 0.125 e. The summed E-state index contributed by atoms with van der Waals surface area (Å²) in [5, 5.41) is 12.5. The highest BCUT2D eigenvalue weighted by molar-refractivity contribution is 5.37. The van der Waals surface area contributed by atoms with E-state index in [9.17, 15) is 5.11 Å². The summed E-state index contributed by atoms with van der Waals surface area (Å²) in [5.74, 6) is 1.21. The largest absolute Gasteiger partial charge is 0.508 e. The van der Waals surface area contributed by atoms with Gasteiger partial charge in [0.15, 0.2) is 0 Å². The molecule has 20 heavy (non-hydrogen) atoms. The predicted octanol–water partition coefficient (Wildman–Crippen LogP) is 3.74. The van der Waals surface area contributed by atoms with E-state index < -0.39 is 0 Å². The Balaban J connectivity index is 1.87. The Labute approximate surface area is 120 Å². The molecule has 0 radical (unpaired) electrons. The minimum Gasteiger partial charge on any atom is -0.508 e. The molecule has 0 bridgehead atoms. The molecule has 0 aliphatic rings. The monoisotopic (exact) mass is 270 g/mol. The zero-order valence-corrected chi connectivity index (χ0v) is 12.4. The predicted molar refractivity (Wildman–Crippen MR) is 83.2 cm³/mol. The average Bonchev–Trinajstić information content (AvgIpc) is 2.41. The van der Waals surface area contributed by atoms with Crippen LogP contribution in [0.15, 0.2) is 42.6 Å². The number of hydrogen-bond donors (Lipinski definition) is 2. The van der Waals surface area contributed by atoms with Gasteiger partial charge >= 0.3 is 0 Å². The van der Waals surface area contributed by atoms with Crippen molar-refractivity contribution in [1.82, 2.24) is 4.98 Å². The van der Waals surface area contributed by atoms with Crippen LogP contribution in [0.1, 0.15) is 31.9 Å². The van der Waals surface area contributed by atoms with Gasteiger partial charge in [-0.25, -0.2) is 4.98 Å². The molecule has 0 unspecified atom stereocenters. The number of anilines is 1. The molecule has 1 aromatic carbocycles. The summed E-state index contributed by atoms with van der Waals surface area (Å²) < 4.78 is 0. The molecule has 0 saturated carbocycles. The van der Waals surface area contributed by atoms with Crippen LogP contribution in [-0.4, -0.2) is 16.6 Å². The van der Waals surface area contributed by atoms with Gasteiger partial charge in [0.2, 0.25) is 0 Å². The van der Waals surface area contributed by atoms with Gasteiger partial charge in [-0.3, -0.25) is 0 Å². The van der Waals surface area contributed by atoms with E-state index >= 15 is 0 Å². The summed E-state index contributed by atoms with van der Waals surface area (Å²) >= 11 is 0. The Kier molecular flexibility index (Phi) is 4.28. The zero-order valence-electron chi connectivity index (χ0n) is 12.4. The topological polar surface area (TPSA) is 45.1 Å². The second-order valence-corrected chi connectivity index (χ2v) is 6.03. The van der Waals surface area contributed by atoms with Crippen LogP contribution in [0.25, 0.3) is 0 Å². The number of aromatic nitrogens is 1. The first-order valence-electron chi connectivity index (χ1n) is 6.93. The number of benzene rings is 1. The second kappa shape index (κ2) is 5.95. The SMILES string of the molecule is CC(C)(C)c1ccc(NCCc2ccc(O)cc2)nc1. The molecule has 1 aromatic heterocycles. The number of aromatic hydroxyl groups is 1. The molecule has 2 aromatic rings. The minimum absolute atomic E-state index is 0.136. The molecular formula is C17H22N2O. The van der Waals surface area contributed by atoms with E-state index in [0.29, 0.717) is 5.75 Å². The zero-order chi connectivity index (χ0) is 14.6. The van der Waals surface area contributed by atoms with E-state index in [2.05, 4.69) is 37.1 Å². The summed E-state index contributed by atoms with van der Waals surface area (Å²) in [6.45, 7) is 7.37. The maximum Gasteiger partial charge on any atom is 0.125 e. The van der Waals surface area contributed by atoms with Gasteiger partial charge in [0.05, 0.1) is 0 Å². The van der Waals surface area contributed by atoms with Crippen molar-refractivity contribution in [2.24, 2.45) is 0 Å². The highest BCUT2D eigenvalue weighted by atomic mass is 16.3. The van der Waals surface area contributed by atoms with Gasteiger partial charge in [-0.2, -0.15) is 0 Å². The molecule has 0 atom stereocenters. The first-order valence-corrected chi connectivity index (χ1v) is 6.93. The molecular weight excluding hydrogens is 248 g/mol. The summed E-state index contributed by atoms with van der Waals surface area (Å²) in [4.78, 5) is 4.44. The summed E-state index contributed by atoms with van der Waals surface area (Å²) in [5.41, 5.74) is 2.57. The second-order valence-electron chi connectivity index (χ2n) is 6.03. The Morgan fingerprint density at radius 2 is 1.75 bits per heavy atom. The van der Waals surface area contributed by atoms with E-state index in [1.807, 2.05) is 24.4 Å². The number of rotatable bonds is 4. The summed E-state index contributed by atoms with van der Waals surface area (Å²) in [7, 11) is 0. The molecule has 0 saturated heterocycles. The third kappa shape index (κ3) is 3.98. The number of nitrogens with one attached hydrogen (secondary N) is 1. The quantitative estimate of drug-likeness (QED) is 0.889. The van der Waals surface area contributed by atoms with Crippen LogP contribution in [0.5, 0.6) is 5.75 Å². The molecule has 0 fully saturated rings. The fourth-order valence-corrected chi connectivity index (χ4v) is 1.94. The van der Waals surface area contributed by atoms with Crippen molar-refractivity contribution in [2.45, 2.75) is 32.6 Å². The van der Waals surface area contributed by atoms with E-state index in [4.69, 9.17) is 0 Å². The van der Waals surface area contributed by atoms with Crippen LogP contribution in [0.4, 0.5) is 5.82 Å². The third-order valence-electron chi connectivity index (χ3n) is 3.29. The van der Waals surface area contributed by atoms with Crippen LogP contribution in [0.3, 0.4) is 0 Å². The molecule has 3 heteroatoms. The molecule has 2 N–H and O–H groups in total. The van der Waals surface area contributed by atoms with Crippen molar-refractivity contribution in [3.8, 4) is 5.75 Å². The summed E-state index contributed by atoms with van der Waals surface area (Å²) in [6.07, 6.45) is 2.84. The fraction of sp³-hybridized carbons (Fsp3) is 0.353. The summed E-state index contributed by atoms with van der Waals surface area (Å²) in [6, 6.07) is 11.4. The average molecular weight is 270 g/mol. The van der Waals surface area contributed by atoms with Gasteiger partial charge in [0, 0.05) is 12.7 Å². The number of hydrogen-bond acceptors (Lipinski definition) is 3. The van der Waals surface area contributed by atoms with E-state index in [1.165, 1.54) is 11.1 Å². The van der Waals surface area contributed by atoms with Gasteiger partial charge in [-0.05, 0) is 41.2 Å². The van der Waals surface area contributed by atoms with Gasteiger partial charge < -0.3 is 10.4 Å². The Hall–Kier alpha value is -2.03. The van der Waals surface area contributed by atoms with Crippen molar-refractivity contribution < 1.29 is 5.11 Å². The van der Waals surface area contributed by atoms with Crippen LogP contribution in [-0.2, 0) is 11.8 Å². The maximum atomic E-state index is 9.23. The molecule has 2 rings (SSSR count). The molecule has 0 aliphatic carbocycles. The molecule has 3 nitrogen and oxygen atoms in total. The molecule has 1 heterocycles. The van der Waals surface area contributed by atoms with Gasteiger partial charge in [-0.1, -0.05) is 39.0 Å². The highest BCUT2D eigenvalue weighted by Gasteiger charge is 2.13. The van der Waals surface area contributed by atoms with E-state index in [1.54, 1.807) is 12.1 Å². The lowest BCUT2D eigenvalue weighted by Crippen LogP contribution is -2.12. The van der Waals surface area contributed by atoms with E-state index in [0.717, 1.165) is 18.8 Å². The van der Waals surface area contributed by atoms with Crippen molar-refractivity contribution >= 4 is 5.82 Å². The van der Waals surface area contributed by atoms with Crippen LogP contribution < -0.4 is 5.32 Å². The Morgan fingerprint density at radius 3 is 2.30 bits per heavy atom. The fourth-order valence-electron chi connectivity index (χ4n) is 1.94. The van der Waals surface area contributed by atoms with Crippen LogP contribution in [0.2, 0.25) is 0 Å². The molecule has 0 spiro atoms. The normalized spacial score (nSPS) is 11.3. The maximum absolute atomic E-state index is 9.23. The van der Waals surface area contributed by atoms with Crippen molar-refractivity contribution in [3.05, 3.63) is 53.7 Å². The van der Waals surface area contributed by atoms with Crippen LogP contribution >= 0.6 is 0 Å². The first kappa shape index (κ1) is 14.4. The standard InChI is InChI=1S/C17H22N2O/c1-17(2,3)14-6-9-16(19-12-14)18-11-10-13-4-7-15(20)8-5-13/h4-9,12,20H,10-11H2,1-3H3,(H,18,19). The molecule has 0 amide bonds. The lowest BCUT2D eigenvalue weighted by atomic mass is 9.88. The molecule has 0 aliphatic heterocycles. The van der Waals surface area contributed by atoms with Crippen molar-refractivity contribution in [2.75, 3.05) is 11.9 Å².